The number of hydrogen-bond donors (Lipinski definition) is 2. The number of aliphatic carboxylic acids is 1. The lowest BCUT2D eigenvalue weighted by molar-refractivity contribution is -0.142. The van der Waals surface area contributed by atoms with Crippen molar-refractivity contribution < 1.29 is 19.4 Å². The molecule has 36 heavy (non-hydrogen) atoms. The molecular weight excluding hydrogens is 492 g/mol. The van der Waals surface area contributed by atoms with Crippen LogP contribution in [0.1, 0.15) is 50.5 Å². The molecule has 0 spiro atoms. The van der Waals surface area contributed by atoms with Gasteiger partial charge in [-0.1, -0.05) is 61.3 Å². The molecule has 4 nitrogen and oxygen atoms in total. The number of fused-ring (bicyclic) bond motifs is 1. The SMILES string of the molecule is CCCc1c(O)ccc2c(-c3ccccc3)c(CCCSc3ccc(C(C)(C)C(=O)O)cc3Cl)oc12. The number of carboxylic acids is 1. The summed E-state index contributed by atoms with van der Waals surface area (Å²) in [6.07, 6.45) is 3.30. The first kappa shape index (κ1) is 26.2. The van der Waals surface area contributed by atoms with Crippen molar-refractivity contribution in [1.29, 1.82) is 0 Å². The van der Waals surface area contributed by atoms with Crippen LogP contribution in [0.5, 0.6) is 5.75 Å². The van der Waals surface area contributed by atoms with E-state index in [1.165, 1.54) is 0 Å². The molecule has 6 heteroatoms. The third kappa shape index (κ3) is 5.28. The molecule has 0 radical (unpaired) electrons. The Kier molecular flexibility index (Phi) is 8.01. The van der Waals surface area contributed by atoms with Crippen LogP contribution in [0.2, 0.25) is 5.02 Å². The summed E-state index contributed by atoms with van der Waals surface area (Å²) in [5, 5.41) is 21.6. The topological polar surface area (TPSA) is 70.7 Å². The molecule has 4 rings (SSSR count). The van der Waals surface area contributed by atoms with Crippen molar-refractivity contribution in [2.45, 2.75) is 56.8 Å². The van der Waals surface area contributed by atoms with Crippen LogP contribution < -0.4 is 0 Å². The molecule has 0 saturated carbocycles. The molecule has 0 amide bonds. The number of phenols is 1. The summed E-state index contributed by atoms with van der Waals surface area (Å²) in [5.41, 5.74) is 3.53. The fourth-order valence-electron chi connectivity index (χ4n) is 4.39. The number of phenolic OH excluding ortho intramolecular Hbond substituents is 1. The van der Waals surface area contributed by atoms with Crippen LogP contribution in [0.4, 0.5) is 0 Å². The van der Waals surface area contributed by atoms with Gasteiger partial charge in [0.05, 0.1) is 10.4 Å². The number of benzene rings is 3. The van der Waals surface area contributed by atoms with Gasteiger partial charge in [-0.3, -0.25) is 4.79 Å². The molecule has 0 atom stereocenters. The van der Waals surface area contributed by atoms with E-state index in [0.29, 0.717) is 10.6 Å². The zero-order chi connectivity index (χ0) is 25.9. The van der Waals surface area contributed by atoms with E-state index in [4.69, 9.17) is 16.0 Å². The van der Waals surface area contributed by atoms with Gasteiger partial charge in [0.25, 0.3) is 0 Å². The molecule has 1 heterocycles. The van der Waals surface area contributed by atoms with Crippen molar-refractivity contribution in [2.75, 3.05) is 5.75 Å². The van der Waals surface area contributed by atoms with E-state index in [2.05, 4.69) is 19.1 Å². The Bertz CT molecular complexity index is 1370. The molecule has 0 aliphatic rings. The van der Waals surface area contributed by atoms with Crippen molar-refractivity contribution in [3.05, 3.63) is 82.6 Å². The van der Waals surface area contributed by atoms with E-state index in [-0.39, 0.29) is 5.75 Å². The van der Waals surface area contributed by atoms with Crippen LogP contribution in [-0.4, -0.2) is 21.9 Å². The van der Waals surface area contributed by atoms with Gasteiger partial charge >= 0.3 is 5.97 Å². The molecule has 0 aliphatic carbocycles. The first-order valence-electron chi connectivity index (χ1n) is 12.2. The number of rotatable bonds is 10. The lowest BCUT2D eigenvalue weighted by Gasteiger charge is -2.20. The fourth-order valence-corrected chi connectivity index (χ4v) is 5.60. The predicted molar refractivity (Wildman–Crippen MR) is 148 cm³/mol. The maximum Gasteiger partial charge on any atom is 0.313 e. The molecule has 0 saturated heterocycles. The molecule has 188 valence electrons. The molecule has 0 bridgehead atoms. The number of hydrogen-bond acceptors (Lipinski definition) is 4. The number of aromatic hydroxyl groups is 1. The quantitative estimate of drug-likeness (QED) is 0.161. The summed E-state index contributed by atoms with van der Waals surface area (Å²) in [6, 6.07) is 19.5. The summed E-state index contributed by atoms with van der Waals surface area (Å²) in [4.78, 5) is 12.5. The van der Waals surface area contributed by atoms with Crippen LogP contribution in [0.25, 0.3) is 22.1 Å². The normalized spacial score (nSPS) is 11.8. The Morgan fingerprint density at radius 2 is 1.81 bits per heavy atom. The molecule has 4 aromatic rings. The van der Waals surface area contributed by atoms with E-state index in [1.54, 1.807) is 37.7 Å². The van der Waals surface area contributed by atoms with E-state index >= 15 is 0 Å². The van der Waals surface area contributed by atoms with E-state index in [9.17, 15) is 15.0 Å². The molecule has 2 N–H and O–H groups in total. The van der Waals surface area contributed by atoms with Gasteiger partial charge in [-0.05, 0) is 67.8 Å². The standard InChI is InChI=1S/C30H31ClO4S/c1-4-9-21-24(32)15-14-22-27(19-10-6-5-7-11-19)25(35-28(21)22)12-8-17-36-26-16-13-20(18-23(26)31)30(2,3)29(33)34/h5-7,10-11,13-16,18,32H,4,8-9,12,17H2,1-3H3,(H,33,34). The highest BCUT2D eigenvalue weighted by Crippen LogP contribution is 2.40. The molecular formula is C30H31ClO4S. The van der Waals surface area contributed by atoms with Crippen molar-refractivity contribution in [3.8, 4) is 16.9 Å². The summed E-state index contributed by atoms with van der Waals surface area (Å²) >= 11 is 8.16. The van der Waals surface area contributed by atoms with Gasteiger partial charge in [-0.2, -0.15) is 0 Å². The minimum Gasteiger partial charge on any atom is -0.508 e. The van der Waals surface area contributed by atoms with E-state index in [1.807, 2.05) is 36.4 Å². The van der Waals surface area contributed by atoms with Crippen LogP contribution >= 0.6 is 23.4 Å². The van der Waals surface area contributed by atoms with E-state index in [0.717, 1.165) is 69.8 Å². The number of aryl methyl sites for hydroxylation is 2. The monoisotopic (exact) mass is 522 g/mol. The first-order valence-corrected chi connectivity index (χ1v) is 13.6. The highest BCUT2D eigenvalue weighted by Gasteiger charge is 2.30. The van der Waals surface area contributed by atoms with Crippen LogP contribution in [0, 0.1) is 0 Å². The van der Waals surface area contributed by atoms with E-state index < -0.39 is 11.4 Å². The second-order valence-electron chi connectivity index (χ2n) is 9.48. The first-order chi connectivity index (χ1) is 17.2. The van der Waals surface area contributed by atoms with Crippen molar-refractivity contribution in [3.63, 3.8) is 0 Å². The average Bonchev–Trinajstić information content (AvgIpc) is 3.23. The lowest BCUT2D eigenvalue weighted by Crippen LogP contribution is -2.28. The molecule has 3 aromatic carbocycles. The Hall–Kier alpha value is -2.89. The minimum absolute atomic E-state index is 0.281. The van der Waals surface area contributed by atoms with Gasteiger partial charge in [-0.25, -0.2) is 0 Å². The van der Waals surface area contributed by atoms with Gasteiger partial charge < -0.3 is 14.6 Å². The average molecular weight is 523 g/mol. The zero-order valence-electron chi connectivity index (χ0n) is 20.8. The Morgan fingerprint density at radius 1 is 1.06 bits per heavy atom. The smallest absolute Gasteiger partial charge is 0.313 e. The highest BCUT2D eigenvalue weighted by atomic mass is 35.5. The lowest BCUT2D eigenvalue weighted by atomic mass is 9.85. The summed E-state index contributed by atoms with van der Waals surface area (Å²) < 4.78 is 6.42. The van der Waals surface area contributed by atoms with Gasteiger partial charge in [0, 0.05) is 27.8 Å². The second kappa shape index (κ2) is 11.0. The van der Waals surface area contributed by atoms with Crippen LogP contribution in [0.3, 0.4) is 0 Å². The Balaban J connectivity index is 1.55. The summed E-state index contributed by atoms with van der Waals surface area (Å²) in [6.45, 7) is 5.45. The number of thioether (sulfide) groups is 1. The summed E-state index contributed by atoms with van der Waals surface area (Å²) in [7, 11) is 0. The number of halogens is 1. The highest BCUT2D eigenvalue weighted by molar-refractivity contribution is 7.99. The maximum atomic E-state index is 11.6. The third-order valence-corrected chi connectivity index (χ3v) is 8.15. The number of carbonyl (C=O) groups is 1. The van der Waals surface area contributed by atoms with Gasteiger partial charge in [0.1, 0.15) is 17.1 Å². The van der Waals surface area contributed by atoms with Crippen molar-refractivity contribution in [1.82, 2.24) is 0 Å². The zero-order valence-corrected chi connectivity index (χ0v) is 22.4. The molecule has 0 aliphatic heterocycles. The van der Waals surface area contributed by atoms with Crippen molar-refractivity contribution >= 4 is 40.3 Å². The largest absolute Gasteiger partial charge is 0.508 e. The Morgan fingerprint density at radius 3 is 2.47 bits per heavy atom. The molecule has 0 unspecified atom stereocenters. The Labute approximate surface area is 221 Å². The van der Waals surface area contributed by atoms with Gasteiger partial charge in [0.2, 0.25) is 0 Å². The molecule has 0 fully saturated rings. The third-order valence-electron chi connectivity index (χ3n) is 6.57. The number of furan rings is 1. The second-order valence-corrected chi connectivity index (χ2v) is 11.0. The minimum atomic E-state index is -0.993. The van der Waals surface area contributed by atoms with Gasteiger partial charge in [-0.15, -0.1) is 11.8 Å². The van der Waals surface area contributed by atoms with Crippen molar-refractivity contribution in [2.24, 2.45) is 0 Å². The van der Waals surface area contributed by atoms with Gasteiger partial charge in [0.15, 0.2) is 0 Å². The van der Waals surface area contributed by atoms with Crippen LogP contribution in [0.15, 0.2) is 70.0 Å². The summed E-state index contributed by atoms with van der Waals surface area (Å²) in [5.74, 6) is 1.16. The predicted octanol–water partition coefficient (Wildman–Crippen LogP) is 8.50. The maximum absolute atomic E-state index is 11.6. The fraction of sp³-hybridized carbons (Fsp3) is 0.300. The molecule has 1 aromatic heterocycles. The number of carboxylic acid groups (broad SMARTS) is 1. The van der Waals surface area contributed by atoms with Crippen LogP contribution in [-0.2, 0) is 23.1 Å².